The molecule has 0 spiro atoms. The van der Waals surface area contributed by atoms with Crippen LogP contribution in [0, 0.1) is 6.92 Å². The van der Waals surface area contributed by atoms with Crippen molar-refractivity contribution in [1.82, 2.24) is 4.90 Å². The van der Waals surface area contributed by atoms with Crippen molar-refractivity contribution in [2.24, 2.45) is 4.99 Å². The van der Waals surface area contributed by atoms with Crippen molar-refractivity contribution in [2.75, 3.05) is 6.54 Å². The van der Waals surface area contributed by atoms with Crippen molar-refractivity contribution in [2.45, 2.75) is 13.8 Å². The fraction of sp³-hybridized carbons (Fsp3) is 0.176. The molecule has 0 bridgehead atoms. The highest BCUT2D eigenvalue weighted by molar-refractivity contribution is 9.10. The first-order chi connectivity index (χ1) is 11.1. The number of hydrogen-bond acceptors (Lipinski definition) is 4. The third kappa shape index (κ3) is 3.59. The molecule has 1 aliphatic rings. The van der Waals surface area contributed by atoms with E-state index in [0.717, 1.165) is 5.69 Å². The van der Waals surface area contributed by atoms with Crippen LogP contribution < -0.4 is 0 Å². The second kappa shape index (κ2) is 6.76. The summed E-state index contributed by atoms with van der Waals surface area (Å²) < 4.78 is 6.09. The Morgan fingerprint density at radius 1 is 1.26 bits per heavy atom. The predicted octanol–water partition coefficient (Wildman–Crippen LogP) is 4.97. The summed E-state index contributed by atoms with van der Waals surface area (Å²) >= 11 is 4.63. The molecule has 2 heterocycles. The van der Waals surface area contributed by atoms with Crippen molar-refractivity contribution >= 4 is 50.5 Å². The second-order valence-electron chi connectivity index (χ2n) is 5.03. The molecule has 2 aromatic rings. The Kier molecular flexibility index (Phi) is 4.73. The molecule has 23 heavy (non-hydrogen) atoms. The summed E-state index contributed by atoms with van der Waals surface area (Å²) in [6.45, 7) is 4.55. The average Bonchev–Trinajstić information content (AvgIpc) is 3.06. The van der Waals surface area contributed by atoms with Gasteiger partial charge in [-0.1, -0.05) is 17.7 Å². The number of furan rings is 1. The molecule has 0 N–H and O–H groups in total. The lowest BCUT2D eigenvalue weighted by atomic mass is 10.2. The molecule has 4 nitrogen and oxygen atoms in total. The number of nitrogens with zero attached hydrogens (tertiary/aromatic N) is 2. The Hall–Kier alpha value is -1.79. The molecule has 1 aromatic heterocycles. The van der Waals surface area contributed by atoms with Crippen LogP contribution in [0.4, 0.5) is 5.69 Å². The van der Waals surface area contributed by atoms with Crippen LogP contribution in [-0.2, 0) is 4.79 Å². The van der Waals surface area contributed by atoms with Crippen molar-refractivity contribution in [3.8, 4) is 0 Å². The molecule has 1 saturated heterocycles. The number of benzene rings is 1. The summed E-state index contributed by atoms with van der Waals surface area (Å²) in [6, 6.07) is 11.5. The van der Waals surface area contributed by atoms with E-state index in [2.05, 4.69) is 20.9 Å². The van der Waals surface area contributed by atoms with Gasteiger partial charge in [-0.25, -0.2) is 4.99 Å². The van der Waals surface area contributed by atoms with E-state index in [9.17, 15) is 4.79 Å². The Labute approximate surface area is 147 Å². The van der Waals surface area contributed by atoms with E-state index in [1.807, 2.05) is 44.2 Å². The van der Waals surface area contributed by atoms with Crippen LogP contribution in [0.5, 0.6) is 0 Å². The van der Waals surface area contributed by atoms with Gasteiger partial charge in [0.05, 0.1) is 10.6 Å². The molecule has 0 saturated carbocycles. The fourth-order valence-electron chi connectivity index (χ4n) is 2.14. The number of aliphatic imine (C=N–C) groups is 1. The van der Waals surface area contributed by atoms with Crippen molar-refractivity contribution in [3.63, 3.8) is 0 Å². The van der Waals surface area contributed by atoms with Crippen LogP contribution in [0.1, 0.15) is 18.2 Å². The summed E-state index contributed by atoms with van der Waals surface area (Å²) in [4.78, 5) is 19.4. The van der Waals surface area contributed by atoms with Crippen LogP contribution in [0.2, 0.25) is 0 Å². The summed E-state index contributed by atoms with van der Waals surface area (Å²) in [5, 5.41) is 0.693. The zero-order valence-electron chi connectivity index (χ0n) is 12.7. The molecule has 0 radical (unpaired) electrons. The molecular weight excluding hydrogens is 376 g/mol. The zero-order valence-corrected chi connectivity index (χ0v) is 15.1. The average molecular weight is 391 g/mol. The lowest BCUT2D eigenvalue weighted by Crippen LogP contribution is -2.28. The third-order valence-corrected chi connectivity index (χ3v) is 4.76. The standard InChI is InChI=1S/C17H15BrN2O2S/c1-3-20-16(21)14(10-13-8-9-15(18)22-13)23-17(20)19-12-6-4-11(2)5-7-12/h4-10H,3H2,1-2H3/b14-10+,19-17?. The number of likely N-dealkylation sites (N-methyl/N-ethyl adjacent to an activating group) is 1. The largest absolute Gasteiger partial charge is 0.450 e. The highest BCUT2D eigenvalue weighted by atomic mass is 79.9. The quantitative estimate of drug-likeness (QED) is 0.694. The van der Waals surface area contributed by atoms with Gasteiger partial charge < -0.3 is 4.42 Å². The van der Waals surface area contributed by atoms with Crippen LogP contribution in [0.15, 0.2) is 55.4 Å². The maximum atomic E-state index is 12.5. The van der Waals surface area contributed by atoms with Crippen LogP contribution >= 0.6 is 27.7 Å². The van der Waals surface area contributed by atoms with Crippen LogP contribution in [0.3, 0.4) is 0 Å². The Bertz CT molecular complexity index is 793. The van der Waals surface area contributed by atoms with E-state index in [-0.39, 0.29) is 5.91 Å². The molecule has 1 amide bonds. The number of hydrogen-bond donors (Lipinski definition) is 0. The smallest absolute Gasteiger partial charge is 0.266 e. The summed E-state index contributed by atoms with van der Waals surface area (Å²) in [5.74, 6) is 0.594. The normalized spacial score (nSPS) is 18.4. The Balaban J connectivity index is 1.91. The predicted molar refractivity (Wildman–Crippen MR) is 97.6 cm³/mol. The van der Waals surface area contributed by atoms with Crippen molar-refractivity contribution in [3.05, 3.63) is 57.3 Å². The Morgan fingerprint density at radius 3 is 2.61 bits per heavy atom. The third-order valence-electron chi connectivity index (χ3n) is 3.33. The number of carbonyl (C=O) groups excluding carboxylic acids is 1. The van der Waals surface area contributed by atoms with Gasteiger partial charge in [-0.3, -0.25) is 9.69 Å². The highest BCUT2D eigenvalue weighted by Gasteiger charge is 2.32. The van der Waals surface area contributed by atoms with Gasteiger partial charge in [0.25, 0.3) is 5.91 Å². The molecule has 1 fully saturated rings. The maximum Gasteiger partial charge on any atom is 0.266 e. The van der Waals surface area contributed by atoms with E-state index in [4.69, 9.17) is 4.42 Å². The number of halogens is 1. The van der Waals surface area contributed by atoms with Crippen LogP contribution in [0.25, 0.3) is 6.08 Å². The van der Waals surface area contributed by atoms with Gasteiger partial charge in [0.15, 0.2) is 9.84 Å². The molecule has 1 aromatic carbocycles. The monoisotopic (exact) mass is 390 g/mol. The first-order valence-corrected chi connectivity index (χ1v) is 8.80. The molecular formula is C17H15BrN2O2S. The topological polar surface area (TPSA) is 45.8 Å². The van der Waals surface area contributed by atoms with Crippen LogP contribution in [-0.4, -0.2) is 22.5 Å². The molecule has 0 atom stereocenters. The minimum absolute atomic E-state index is 0.0455. The summed E-state index contributed by atoms with van der Waals surface area (Å²) in [7, 11) is 0. The zero-order chi connectivity index (χ0) is 16.4. The maximum absolute atomic E-state index is 12.5. The van der Waals surface area contributed by atoms with Crippen molar-refractivity contribution < 1.29 is 9.21 Å². The fourth-order valence-corrected chi connectivity index (χ4v) is 3.50. The molecule has 3 rings (SSSR count). The molecule has 0 aliphatic carbocycles. The van der Waals surface area contributed by atoms with Gasteiger partial charge in [-0.2, -0.15) is 0 Å². The van der Waals surface area contributed by atoms with Gasteiger partial charge >= 0.3 is 0 Å². The molecule has 1 aliphatic heterocycles. The first kappa shape index (κ1) is 16.1. The lowest BCUT2D eigenvalue weighted by molar-refractivity contribution is -0.122. The number of amidine groups is 1. The number of aryl methyl sites for hydroxylation is 1. The number of thioether (sulfide) groups is 1. The number of amides is 1. The Morgan fingerprint density at radius 2 is 2.00 bits per heavy atom. The molecule has 118 valence electrons. The molecule has 6 heteroatoms. The molecule has 0 unspecified atom stereocenters. The van der Waals surface area contributed by atoms with Gasteiger partial charge in [0.2, 0.25) is 0 Å². The lowest BCUT2D eigenvalue weighted by Gasteiger charge is -2.11. The minimum Gasteiger partial charge on any atom is -0.450 e. The van der Waals surface area contributed by atoms with E-state index in [1.54, 1.807) is 17.0 Å². The highest BCUT2D eigenvalue weighted by Crippen LogP contribution is 2.34. The summed E-state index contributed by atoms with van der Waals surface area (Å²) in [6.07, 6.45) is 1.75. The first-order valence-electron chi connectivity index (χ1n) is 7.19. The van der Waals surface area contributed by atoms with Gasteiger partial charge in [-0.05, 0) is 65.8 Å². The van der Waals surface area contributed by atoms with Gasteiger partial charge in [-0.15, -0.1) is 0 Å². The minimum atomic E-state index is -0.0455. The van der Waals surface area contributed by atoms with E-state index >= 15 is 0 Å². The van der Waals surface area contributed by atoms with E-state index in [1.165, 1.54) is 17.3 Å². The van der Waals surface area contributed by atoms with E-state index < -0.39 is 0 Å². The second-order valence-corrected chi connectivity index (χ2v) is 6.82. The summed E-state index contributed by atoms with van der Waals surface area (Å²) in [5.41, 5.74) is 2.02. The number of carbonyl (C=O) groups is 1. The van der Waals surface area contributed by atoms with Gasteiger partial charge in [0, 0.05) is 12.6 Å². The number of rotatable bonds is 3. The van der Waals surface area contributed by atoms with Crippen molar-refractivity contribution in [1.29, 1.82) is 0 Å². The van der Waals surface area contributed by atoms with E-state index in [0.29, 0.717) is 27.0 Å². The van der Waals surface area contributed by atoms with Gasteiger partial charge in [0.1, 0.15) is 5.76 Å². The SMILES string of the molecule is CCN1C(=O)/C(=C\c2ccc(Br)o2)SC1=Nc1ccc(C)cc1.